The molecule has 0 bridgehead atoms. The maximum atomic E-state index is 15.7. The number of rotatable bonds is 13. The lowest BCUT2D eigenvalue weighted by Gasteiger charge is -2.36. The Bertz CT molecular complexity index is 1320. The zero-order valence-corrected chi connectivity index (χ0v) is 24.9. The molecule has 0 saturated heterocycles. The van der Waals surface area contributed by atoms with Crippen LogP contribution in [0.1, 0.15) is 60.5 Å². The van der Waals surface area contributed by atoms with Crippen LogP contribution in [0.3, 0.4) is 0 Å². The number of hydrogen-bond acceptors (Lipinski definition) is 8. The number of ether oxygens (including phenoxy) is 4. The van der Waals surface area contributed by atoms with Crippen LogP contribution >= 0.6 is 0 Å². The summed E-state index contributed by atoms with van der Waals surface area (Å²) < 4.78 is 78.2. The van der Waals surface area contributed by atoms with Gasteiger partial charge < -0.3 is 29.0 Å². The van der Waals surface area contributed by atoms with Gasteiger partial charge in [0.25, 0.3) is 0 Å². The van der Waals surface area contributed by atoms with E-state index in [0.717, 1.165) is 38.3 Å². The number of aliphatic carboxylic acids is 1. The number of aromatic nitrogens is 1. The van der Waals surface area contributed by atoms with Gasteiger partial charge in [-0.3, -0.25) is 9.59 Å². The van der Waals surface area contributed by atoms with Gasteiger partial charge in [0, 0.05) is 44.9 Å². The molecule has 44 heavy (non-hydrogen) atoms. The number of hydrogen-bond donors (Lipinski definition) is 1. The number of carboxylic acid groups (broad SMARTS) is 1. The van der Waals surface area contributed by atoms with E-state index in [9.17, 15) is 27.6 Å². The van der Waals surface area contributed by atoms with Gasteiger partial charge in [0.2, 0.25) is 11.8 Å². The first kappa shape index (κ1) is 34.7. The van der Waals surface area contributed by atoms with Crippen molar-refractivity contribution in [2.24, 2.45) is 11.8 Å². The predicted octanol–water partition coefficient (Wildman–Crippen LogP) is 5.66. The van der Waals surface area contributed by atoms with Crippen molar-refractivity contribution in [2.75, 3.05) is 39.4 Å². The molecule has 1 heterocycles. The highest BCUT2D eigenvalue weighted by Gasteiger charge is 2.38. The number of carboxylic acids is 1. The molecule has 10 nitrogen and oxygen atoms in total. The van der Waals surface area contributed by atoms with Crippen LogP contribution in [0.15, 0.2) is 24.4 Å². The zero-order valence-electron chi connectivity index (χ0n) is 24.9. The molecule has 1 N–H and O–H groups in total. The lowest BCUT2D eigenvalue weighted by atomic mass is 9.82. The Balaban J connectivity index is 2.12. The van der Waals surface area contributed by atoms with Crippen molar-refractivity contribution in [3.63, 3.8) is 0 Å². The summed E-state index contributed by atoms with van der Waals surface area (Å²) in [5, 5.41) is 8.86. The van der Waals surface area contributed by atoms with E-state index in [1.54, 1.807) is 0 Å². The van der Waals surface area contributed by atoms with E-state index in [2.05, 4.69) is 11.9 Å². The molecule has 1 aliphatic carbocycles. The summed E-state index contributed by atoms with van der Waals surface area (Å²) in [5.74, 6) is -5.55. The molecule has 14 heteroatoms. The van der Waals surface area contributed by atoms with Crippen molar-refractivity contribution in [3.8, 4) is 11.6 Å². The van der Waals surface area contributed by atoms with Gasteiger partial charge in [0.1, 0.15) is 5.56 Å². The van der Waals surface area contributed by atoms with Gasteiger partial charge in [-0.1, -0.05) is 6.92 Å². The average Bonchev–Trinajstić information content (AvgIpc) is 2.97. The van der Waals surface area contributed by atoms with Gasteiger partial charge in [-0.05, 0) is 49.7 Å². The molecule has 1 aromatic carbocycles. The van der Waals surface area contributed by atoms with E-state index in [1.165, 1.54) is 19.1 Å². The van der Waals surface area contributed by atoms with Crippen LogP contribution < -0.4 is 9.64 Å². The second kappa shape index (κ2) is 15.3. The second-order valence-electron chi connectivity index (χ2n) is 10.7. The minimum Gasteiger partial charge on any atom is -0.481 e. The molecule has 1 saturated carbocycles. The Morgan fingerprint density at radius 3 is 2.23 bits per heavy atom. The maximum Gasteiger partial charge on any atom is 0.421 e. The van der Waals surface area contributed by atoms with E-state index in [1.807, 2.05) is 0 Å². The molecule has 0 radical (unpaired) electrons. The number of carbonyl (C=O) groups excluding carboxylic acids is 2. The number of alkyl halides is 3. The van der Waals surface area contributed by atoms with Gasteiger partial charge in [-0.15, -0.1) is 0 Å². The summed E-state index contributed by atoms with van der Waals surface area (Å²) in [7, 11) is 3.88. The molecule has 0 spiro atoms. The van der Waals surface area contributed by atoms with Crippen molar-refractivity contribution in [1.82, 2.24) is 4.98 Å². The van der Waals surface area contributed by atoms with Gasteiger partial charge >= 0.3 is 18.1 Å². The average molecular weight is 629 g/mol. The number of carbonyl (C=O) groups is 3. The van der Waals surface area contributed by atoms with Crippen molar-refractivity contribution in [1.29, 1.82) is 0 Å². The minimum atomic E-state index is -4.99. The quantitative estimate of drug-likeness (QED) is 0.221. The molecule has 242 valence electrons. The predicted molar refractivity (Wildman–Crippen MR) is 149 cm³/mol. The van der Waals surface area contributed by atoms with Crippen molar-refractivity contribution < 1.29 is 56.0 Å². The van der Waals surface area contributed by atoms with Crippen LogP contribution in [0.25, 0.3) is 0 Å². The number of pyridine rings is 1. The normalized spacial score (nSPS) is 16.9. The smallest absolute Gasteiger partial charge is 0.421 e. The fourth-order valence-electron chi connectivity index (χ4n) is 5.15. The number of amides is 1. The SMILES string of the molecule is COCC(COC)N(c1cc(F)c(Oc2ncc(CCC(=O)O)cc2C(F)(F)F)cc1C(=O)OC)C(=O)[C@H]1CC[C@H](C)CC1. The molecule has 1 fully saturated rings. The van der Waals surface area contributed by atoms with E-state index in [-0.39, 0.29) is 42.4 Å². The van der Waals surface area contributed by atoms with Crippen molar-refractivity contribution in [3.05, 3.63) is 46.9 Å². The van der Waals surface area contributed by atoms with Crippen LogP contribution in [0.2, 0.25) is 0 Å². The molecular formula is C30H36F4N2O8. The number of nitrogens with zero attached hydrogens (tertiary/aromatic N) is 2. The third-order valence-electron chi connectivity index (χ3n) is 7.45. The summed E-state index contributed by atoms with van der Waals surface area (Å²) in [6.07, 6.45) is -1.89. The van der Waals surface area contributed by atoms with Crippen LogP contribution in [0, 0.1) is 17.7 Å². The Kier molecular flexibility index (Phi) is 12.1. The zero-order chi connectivity index (χ0) is 32.6. The van der Waals surface area contributed by atoms with E-state index in [0.29, 0.717) is 24.8 Å². The number of esters is 1. The summed E-state index contributed by atoms with van der Waals surface area (Å²) in [6.45, 7) is 2.02. The standard InChI is InChI=1S/C30H36F4N2O8/c1-17-5-8-19(9-6-17)28(39)36(20(15-41-2)16-42-3)24-13-23(31)25(12-21(24)29(40)43-4)44-27-22(30(32,33)34)11-18(14-35-27)7-10-26(37)38/h11-14,17,19-20H,5-10,15-16H2,1-4H3,(H,37,38)/t17-,19-. The highest BCUT2D eigenvalue weighted by molar-refractivity contribution is 6.04. The highest BCUT2D eigenvalue weighted by atomic mass is 19.4. The molecule has 1 aliphatic rings. The Morgan fingerprint density at radius 1 is 1.05 bits per heavy atom. The fourth-order valence-corrected chi connectivity index (χ4v) is 5.15. The first-order valence-corrected chi connectivity index (χ1v) is 14.0. The van der Waals surface area contributed by atoms with Crippen LogP contribution in [0.5, 0.6) is 11.6 Å². The van der Waals surface area contributed by atoms with Crippen molar-refractivity contribution >= 4 is 23.5 Å². The molecule has 0 aliphatic heterocycles. The van der Waals surface area contributed by atoms with Gasteiger partial charge in [0.05, 0.1) is 37.6 Å². The van der Waals surface area contributed by atoms with Gasteiger partial charge in [0.15, 0.2) is 11.6 Å². The Labute approximate surface area is 252 Å². The van der Waals surface area contributed by atoms with Crippen molar-refractivity contribution in [2.45, 2.75) is 57.7 Å². The van der Waals surface area contributed by atoms with E-state index in [4.69, 9.17) is 24.1 Å². The molecule has 2 aromatic rings. The highest BCUT2D eigenvalue weighted by Crippen LogP contribution is 2.40. The largest absolute Gasteiger partial charge is 0.481 e. The number of halogens is 4. The number of benzene rings is 1. The van der Waals surface area contributed by atoms with E-state index >= 15 is 4.39 Å². The van der Waals surface area contributed by atoms with E-state index < -0.39 is 59.5 Å². The third-order valence-corrected chi connectivity index (χ3v) is 7.45. The first-order chi connectivity index (χ1) is 20.8. The second-order valence-corrected chi connectivity index (χ2v) is 10.7. The molecule has 1 amide bonds. The summed E-state index contributed by atoms with van der Waals surface area (Å²) >= 11 is 0. The molecule has 0 unspecified atom stereocenters. The summed E-state index contributed by atoms with van der Waals surface area (Å²) in [4.78, 5) is 42.7. The number of anilines is 1. The molecule has 3 rings (SSSR count). The number of aryl methyl sites for hydroxylation is 1. The topological polar surface area (TPSA) is 124 Å². The van der Waals surface area contributed by atoms with Crippen LogP contribution in [-0.4, -0.2) is 68.5 Å². The van der Waals surface area contributed by atoms with Gasteiger partial charge in [-0.25, -0.2) is 14.2 Å². The lowest BCUT2D eigenvalue weighted by Crippen LogP contribution is -2.49. The summed E-state index contributed by atoms with van der Waals surface area (Å²) in [5.41, 5.74) is -1.92. The van der Waals surface area contributed by atoms with Crippen LogP contribution in [0.4, 0.5) is 23.2 Å². The minimum absolute atomic E-state index is 0.0215. The molecule has 1 aromatic heterocycles. The molecular weight excluding hydrogens is 592 g/mol. The van der Waals surface area contributed by atoms with Gasteiger partial charge in [-0.2, -0.15) is 13.2 Å². The maximum absolute atomic E-state index is 15.7. The Morgan fingerprint density at radius 2 is 1.68 bits per heavy atom. The summed E-state index contributed by atoms with van der Waals surface area (Å²) in [6, 6.07) is 1.57. The Hall–Kier alpha value is -3.78. The lowest BCUT2D eigenvalue weighted by molar-refractivity contribution is -0.139. The number of methoxy groups -OCH3 is 3. The molecule has 0 atom stereocenters. The van der Waals surface area contributed by atoms with Crippen LogP contribution in [-0.2, 0) is 36.4 Å². The fraction of sp³-hybridized carbons (Fsp3) is 0.533. The third kappa shape index (κ3) is 8.65. The monoisotopic (exact) mass is 628 g/mol. The first-order valence-electron chi connectivity index (χ1n) is 14.0.